The monoisotopic (exact) mass is 691 g/mol. The number of aliphatic hydroxyl groups excluding tert-OH is 1. The molecule has 0 radical (unpaired) electrons. The lowest BCUT2D eigenvalue weighted by molar-refractivity contribution is 0.105. The molecule has 2 aromatic carbocycles. The summed E-state index contributed by atoms with van der Waals surface area (Å²) in [4.78, 5) is 16.6. The van der Waals surface area contributed by atoms with Gasteiger partial charge in [-0.1, -0.05) is 0 Å². The standard InChI is InChI=1S/C35H39F2N7O4S/c1-46-21-7-9-42(16-21)10-12-48-35-40-32-29(34(41-35)44-19-3-4-20(44)15-43(14-19)8-2-11-45)24-18-47-17-23(24)28(31(32)37)30-25(36)5-6-26-27(30)22(13-38)33(39)49-26/h5-6,19-21,45H,2-4,7-12,14-18,39H2,1H3/t19?,20?,21-/m0/s1. The highest BCUT2D eigenvalue weighted by molar-refractivity contribution is 7.23. The second-order valence-corrected chi connectivity index (χ2v) is 14.4. The second kappa shape index (κ2) is 13.2. The average Bonchev–Trinajstić information content (AvgIpc) is 3.89. The van der Waals surface area contributed by atoms with Crippen molar-refractivity contribution in [3.8, 4) is 23.2 Å². The molecule has 3 fully saturated rings. The lowest BCUT2D eigenvalue weighted by Gasteiger charge is -2.42. The van der Waals surface area contributed by atoms with Gasteiger partial charge in [-0.15, -0.1) is 11.3 Å². The molecular weight excluding hydrogens is 652 g/mol. The van der Waals surface area contributed by atoms with Gasteiger partial charge in [-0.25, -0.2) is 8.78 Å². The molecule has 8 rings (SSSR count). The van der Waals surface area contributed by atoms with E-state index >= 15 is 8.78 Å². The van der Waals surface area contributed by atoms with Gasteiger partial charge in [0.2, 0.25) is 0 Å². The maximum atomic E-state index is 17.4. The molecule has 258 valence electrons. The third kappa shape index (κ3) is 5.57. The Morgan fingerprint density at radius 3 is 2.57 bits per heavy atom. The zero-order chi connectivity index (χ0) is 33.8. The van der Waals surface area contributed by atoms with Crippen molar-refractivity contribution in [1.29, 1.82) is 5.26 Å². The van der Waals surface area contributed by atoms with Crippen LogP contribution in [0.5, 0.6) is 6.01 Å². The van der Waals surface area contributed by atoms with E-state index in [9.17, 15) is 10.4 Å². The van der Waals surface area contributed by atoms with Crippen LogP contribution in [0.2, 0.25) is 0 Å². The van der Waals surface area contributed by atoms with Crippen LogP contribution in [0, 0.1) is 23.0 Å². The SMILES string of the molecule is CO[C@H]1CCN(CCOc2nc(N3C4CCC3CN(CCCO)C4)c3c4c(c(-c5c(F)ccc6sc(N)c(C#N)c56)c(F)c3n2)COC4)C1. The topological polar surface area (TPSA) is 133 Å². The van der Waals surface area contributed by atoms with Crippen LogP contribution < -0.4 is 15.4 Å². The number of benzene rings is 2. The van der Waals surface area contributed by atoms with Gasteiger partial charge in [0.25, 0.3) is 0 Å². The van der Waals surface area contributed by atoms with Crippen LogP contribution in [0.25, 0.3) is 32.1 Å². The number of methoxy groups -OCH3 is 1. The number of nitrogens with two attached hydrogens (primary N) is 1. The number of anilines is 2. The highest BCUT2D eigenvalue weighted by Crippen LogP contribution is 2.49. The molecule has 0 saturated carbocycles. The zero-order valence-corrected chi connectivity index (χ0v) is 28.2. The molecule has 0 amide bonds. The number of ether oxygens (including phenoxy) is 3. The molecule has 2 bridgehead atoms. The van der Waals surface area contributed by atoms with E-state index in [4.69, 9.17) is 29.9 Å². The Kier molecular flexibility index (Phi) is 8.75. The summed E-state index contributed by atoms with van der Waals surface area (Å²) in [6.07, 6.45) is 3.77. The van der Waals surface area contributed by atoms with Crippen molar-refractivity contribution in [2.45, 2.75) is 57.1 Å². The second-order valence-electron chi connectivity index (χ2n) is 13.4. The van der Waals surface area contributed by atoms with Crippen LogP contribution in [0.3, 0.4) is 0 Å². The maximum Gasteiger partial charge on any atom is 0.319 e. The van der Waals surface area contributed by atoms with E-state index in [1.807, 2.05) is 0 Å². The summed E-state index contributed by atoms with van der Waals surface area (Å²) < 4.78 is 51.6. The number of nitrogen functional groups attached to an aromatic ring is 1. The van der Waals surface area contributed by atoms with E-state index in [2.05, 4.69) is 20.8 Å². The molecule has 0 aliphatic carbocycles. The van der Waals surface area contributed by atoms with Gasteiger partial charge in [-0.05, 0) is 48.9 Å². The van der Waals surface area contributed by atoms with E-state index in [0.717, 1.165) is 57.5 Å². The smallest absolute Gasteiger partial charge is 0.319 e. The number of halogens is 2. The van der Waals surface area contributed by atoms with Crippen molar-refractivity contribution >= 4 is 43.1 Å². The third-order valence-electron chi connectivity index (χ3n) is 10.6. The van der Waals surface area contributed by atoms with Crippen molar-refractivity contribution in [1.82, 2.24) is 19.8 Å². The van der Waals surface area contributed by atoms with Crippen LogP contribution >= 0.6 is 11.3 Å². The maximum absolute atomic E-state index is 17.4. The molecule has 11 nitrogen and oxygen atoms in total. The van der Waals surface area contributed by atoms with E-state index < -0.39 is 11.6 Å². The van der Waals surface area contributed by atoms with Crippen LogP contribution in [-0.4, -0.2) is 103 Å². The number of piperazine rings is 1. The predicted molar refractivity (Wildman–Crippen MR) is 183 cm³/mol. The third-order valence-corrected chi connectivity index (χ3v) is 11.6. The van der Waals surface area contributed by atoms with Gasteiger partial charge >= 0.3 is 6.01 Å². The minimum absolute atomic E-state index is 0.00919. The van der Waals surface area contributed by atoms with E-state index in [0.29, 0.717) is 46.4 Å². The Bertz CT molecular complexity index is 1950. The fourth-order valence-electron chi connectivity index (χ4n) is 8.32. The number of aliphatic hydroxyl groups is 1. The number of nitriles is 1. The van der Waals surface area contributed by atoms with Crippen molar-refractivity contribution in [2.75, 3.05) is 70.2 Å². The normalized spacial score (nSPS) is 22.4. The first kappa shape index (κ1) is 32.5. The van der Waals surface area contributed by atoms with Gasteiger partial charge in [0.05, 0.1) is 30.3 Å². The first-order chi connectivity index (χ1) is 23.9. The van der Waals surface area contributed by atoms with Crippen LogP contribution in [-0.2, 0) is 22.7 Å². The molecule has 3 N–H and O–H groups in total. The molecule has 3 saturated heterocycles. The number of rotatable bonds is 10. The molecule has 3 atom stereocenters. The summed E-state index contributed by atoms with van der Waals surface area (Å²) in [5, 5.41) is 20.5. The van der Waals surface area contributed by atoms with Crippen LogP contribution in [0.15, 0.2) is 12.1 Å². The highest BCUT2D eigenvalue weighted by atomic mass is 32.1. The van der Waals surface area contributed by atoms with Crippen molar-refractivity contribution in [3.05, 3.63) is 40.5 Å². The molecule has 2 unspecified atom stereocenters. The van der Waals surface area contributed by atoms with Crippen molar-refractivity contribution in [2.24, 2.45) is 0 Å². The fraction of sp³-hybridized carbons (Fsp3) is 0.514. The van der Waals surface area contributed by atoms with Gasteiger partial charge in [0, 0.05) is 86.3 Å². The van der Waals surface area contributed by atoms with Crippen LogP contribution in [0.4, 0.5) is 19.6 Å². The van der Waals surface area contributed by atoms with Gasteiger partial charge < -0.3 is 30.0 Å². The van der Waals surface area contributed by atoms with Gasteiger partial charge in [-0.3, -0.25) is 9.80 Å². The number of hydrogen-bond acceptors (Lipinski definition) is 12. The number of likely N-dealkylation sites (tertiary alicyclic amines) is 2. The summed E-state index contributed by atoms with van der Waals surface area (Å²) in [6, 6.07) is 5.31. The van der Waals surface area contributed by atoms with E-state index in [1.54, 1.807) is 13.2 Å². The number of hydrogen-bond donors (Lipinski definition) is 2. The first-order valence-corrected chi connectivity index (χ1v) is 17.7. The number of aromatic nitrogens is 2. The van der Waals surface area contributed by atoms with E-state index in [1.165, 1.54) is 17.4 Å². The Morgan fingerprint density at radius 1 is 1.04 bits per heavy atom. The molecule has 14 heteroatoms. The Morgan fingerprint density at radius 2 is 1.84 bits per heavy atom. The van der Waals surface area contributed by atoms with E-state index in [-0.39, 0.29) is 71.2 Å². The summed E-state index contributed by atoms with van der Waals surface area (Å²) in [6.45, 7) is 5.48. The largest absolute Gasteiger partial charge is 0.462 e. The van der Waals surface area contributed by atoms with Crippen LogP contribution in [0.1, 0.15) is 42.4 Å². The number of thiophene rings is 1. The molecule has 4 aromatic rings. The van der Waals surface area contributed by atoms with Gasteiger partial charge in [-0.2, -0.15) is 15.2 Å². The molecular formula is C35H39F2N7O4S. The van der Waals surface area contributed by atoms with Crippen molar-refractivity contribution in [3.63, 3.8) is 0 Å². The first-order valence-electron chi connectivity index (χ1n) is 16.9. The molecule has 6 heterocycles. The number of fused-ring (bicyclic) bond motifs is 6. The zero-order valence-electron chi connectivity index (χ0n) is 27.4. The number of nitrogens with zero attached hydrogens (tertiary/aromatic N) is 6. The predicted octanol–water partition coefficient (Wildman–Crippen LogP) is 4.41. The molecule has 49 heavy (non-hydrogen) atoms. The molecule has 2 aromatic heterocycles. The van der Waals surface area contributed by atoms with Crippen molar-refractivity contribution < 1.29 is 28.1 Å². The summed E-state index contributed by atoms with van der Waals surface area (Å²) in [5.74, 6) is -0.751. The van der Waals surface area contributed by atoms with Gasteiger partial charge in [0.1, 0.15) is 34.8 Å². The fourth-order valence-corrected chi connectivity index (χ4v) is 9.24. The Labute approximate surface area is 286 Å². The minimum atomic E-state index is -0.704. The lowest BCUT2D eigenvalue weighted by atomic mass is 9.90. The van der Waals surface area contributed by atoms with Gasteiger partial charge in [0.15, 0.2) is 5.82 Å². The molecule has 4 aliphatic rings. The summed E-state index contributed by atoms with van der Waals surface area (Å²) >= 11 is 1.17. The summed E-state index contributed by atoms with van der Waals surface area (Å²) in [7, 11) is 1.72. The highest BCUT2D eigenvalue weighted by Gasteiger charge is 2.43. The summed E-state index contributed by atoms with van der Waals surface area (Å²) in [5.41, 5.74) is 7.63. The Balaban J connectivity index is 1.28. The lowest BCUT2D eigenvalue weighted by Crippen LogP contribution is -2.54. The molecule has 0 spiro atoms. The average molecular weight is 692 g/mol. The molecule has 4 aliphatic heterocycles. The minimum Gasteiger partial charge on any atom is -0.462 e. The Hall–Kier alpha value is -3.71. The quantitative estimate of drug-likeness (QED) is 0.245.